The number of nitrogens with one attached hydrogen (secondary N) is 2. The SMILES string of the molecule is CCCC(=O)Nc1ccc(S(=O)(=O)NCc2sc(-c3ccccc3C)nc2C)cc1. The van der Waals surface area contributed by atoms with Crippen molar-refractivity contribution in [1.29, 1.82) is 0 Å². The van der Waals surface area contributed by atoms with Gasteiger partial charge in [0.15, 0.2) is 0 Å². The van der Waals surface area contributed by atoms with Gasteiger partial charge in [0.2, 0.25) is 15.9 Å². The molecule has 158 valence electrons. The summed E-state index contributed by atoms with van der Waals surface area (Å²) in [6.45, 7) is 6.01. The van der Waals surface area contributed by atoms with E-state index in [2.05, 4.69) is 15.0 Å². The number of amides is 1. The molecular weight excluding hydrogens is 418 g/mol. The van der Waals surface area contributed by atoms with E-state index in [0.29, 0.717) is 12.1 Å². The summed E-state index contributed by atoms with van der Waals surface area (Å²) < 4.78 is 28.0. The van der Waals surface area contributed by atoms with Crippen molar-refractivity contribution in [2.45, 2.75) is 45.1 Å². The zero-order valence-corrected chi connectivity index (χ0v) is 18.9. The fourth-order valence-electron chi connectivity index (χ4n) is 2.93. The molecule has 1 amide bonds. The highest BCUT2D eigenvalue weighted by atomic mass is 32.2. The Morgan fingerprint density at radius 3 is 2.43 bits per heavy atom. The number of hydrogen-bond acceptors (Lipinski definition) is 5. The van der Waals surface area contributed by atoms with Crippen molar-refractivity contribution >= 4 is 33.0 Å². The quantitative estimate of drug-likeness (QED) is 0.531. The van der Waals surface area contributed by atoms with Gasteiger partial charge in [-0.3, -0.25) is 4.79 Å². The Morgan fingerprint density at radius 2 is 1.77 bits per heavy atom. The van der Waals surface area contributed by atoms with E-state index >= 15 is 0 Å². The molecule has 0 fully saturated rings. The van der Waals surface area contributed by atoms with Gasteiger partial charge in [0.1, 0.15) is 5.01 Å². The van der Waals surface area contributed by atoms with Gasteiger partial charge in [-0.2, -0.15) is 0 Å². The number of nitrogens with zero attached hydrogens (tertiary/aromatic N) is 1. The van der Waals surface area contributed by atoms with Gasteiger partial charge in [-0.25, -0.2) is 18.1 Å². The van der Waals surface area contributed by atoms with E-state index in [1.54, 1.807) is 12.1 Å². The Kier molecular flexibility index (Phi) is 7.02. The number of carbonyl (C=O) groups is 1. The molecule has 1 heterocycles. The molecule has 0 saturated heterocycles. The number of sulfonamides is 1. The first kappa shape index (κ1) is 22.1. The van der Waals surface area contributed by atoms with Gasteiger partial charge in [-0.15, -0.1) is 11.3 Å². The fourth-order valence-corrected chi connectivity index (χ4v) is 5.11. The first-order valence-electron chi connectivity index (χ1n) is 9.72. The summed E-state index contributed by atoms with van der Waals surface area (Å²) in [6, 6.07) is 14.2. The summed E-state index contributed by atoms with van der Waals surface area (Å²) >= 11 is 1.49. The van der Waals surface area contributed by atoms with Crippen LogP contribution in [0.2, 0.25) is 0 Å². The maximum absolute atomic E-state index is 12.7. The van der Waals surface area contributed by atoms with Crippen LogP contribution in [0.3, 0.4) is 0 Å². The number of hydrogen-bond donors (Lipinski definition) is 2. The topological polar surface area (TPSA) is 88.2 Å². The molecule has 0 unspecified atom stereocenters. The Morgan fingerprint density at radius 1 is 1.07 bits per heavy atom. The normalized spacial score (nSPS) is 11.4. The Labute approximate surface area is 181 Å². The lowest BCUT2D eigenvalue weighted by Crippen LogP contribution is -2.23. The lowest BCUT2D eigenvalue weighted by Gasteiger charge is -2.08. The predicted octanol–water partition coefficient (Wildman–Crippen LogP) is 4.64. The van der Waals surface area contributed by atoms with Crippen LogP contribution >= 0.6 is 11.3 Å². The molecule has 0 atom stereocenters. The van der Waals surface area contributed by atoms with Crippen LogP contribution in [0.1, 0.15) is 35.9 Å². The maximum Gasteiger partial charge on any atom is 0.240 e. The zero-order chi connectivity index (χ0) is 21.7. The van der Waals surface area contributed by atoms with Crippen LogP contribution in [0, 0.1) is 13.8 Å². The predicted molar refractivity (Wildman–Crippen MR) is 121 cm³/mol. The van der Waals surface area contributed by atoms with Gasteiger partial charge in [0.25, 0.3) is 0 Å². The van der Waals surface area contributed by atoms with Gasteiger partial charge < -0.3 is 5.32 Å². The van der Waals surface area contributed by atoms with Crippen molar-refractivity contribution in [3.63, 3.8) is 0 Å². The smallest absolute Gasteiger partial charge is 0.240 e. The highest BCUT2D eigenvalue weighted by Gasteiger charge is 2.17. The first-order valence-corrected chi connectivity index (χ1v) is 12.0. The van der Waals surface area contributed by atoms with Crippen LogP contribution in [-0.4, -0.2) is 19.3 Å². The Hall–Kier alpha value is -2.55. The van der Waals surface area contributed by atoms with Crippen LogP contribution < -0.4 is 10.0 Å². The molecule has 1 aromatic heterocycles. The molecule has 2 aromatic carbocycles. The second-order valence-electron chi connectivity index (χ2n) is 6.99. The highest BCUT2D eigenvalue weighted by molar-refractivity contribution is 7.89. The van der Waals surface area contributed by atoms with Crippen molar-refractivity contribution in [3.8, 4) is 10.6 Å². The minimum Gasteiger partial charge on any atom is -0.326 e. The van der Waals surface area contributed by atoms with E-state index in [1.165, 1.54) is 23.5 Å². The van der Waals surface area contributed by atoms with E-state index in [0.717, 1.165) is 33.1 Å². The van der Waals surface area contributed by atoms with Gasteiger partial charge in [-0.05, 0) is 50.1 Å². The van der Waals surface area contributed by atoms with E-state index < -0.39 is 10.0 Å². The molecule has 8 heteroatoms. The van der Waals surface area contributed by atoms with Crippen LogP contribution in [0.15, 0.2) is 53.4 Å². The summed E-state index contributed by atoms with van der Waals surface area (Å²) in [6.07, 6.45) is 1.19. The standard InChI is InChI=1S/C22H25N3O3S2/c1-4-7-21(26)25-17-10-12-18(13-11-17)30(27,28)23-14-20-16(3)24-22(29-20)19-9-6-5-8-15(19)2/h5-6,8-13,23H,4,7,14H2,1-3H3,(H,25,26). The fraction of sp³-hybridized carbons (Fsp3) is 0.273. The van der Waals surface area contributed by atoms with Crippen LogP contribution in [0.5, 0.6) is 0 Å². The van der Waals surface area contributed by atoms with Crippen molar-refractivity contribution < 1.29 is 13.2 Å². The van der Waals surface area contributed by atoms with Crippen LogP contribution in [-0.2, 0) is 21.4 Å². The van der Waals surface area contributed by atoms with Crippen molar-refractivity contribution in [2.24, 2.45) is 0 Å². The summed E-state index contributed by atoms with van der Waals surface area (Å²) in [4.78, 5) is 17.3. The number of benzene rings is 2. The second-order valence-corrected chi connectivity index (χ2v) is 9.84. The summed E-state index contributed by atoms with van der Waals surface area (Å²) in [7, 11) is -3.68. The lowest BCUT2D eigenvalue weighted by molar-refractivity contribution is -0.116. The molecule has 0 aliphatic rings. The molecule has 0 aliphatic carbocycles. The van der Waals surface area contributed by atoms with E-state index in [9.17, 15) is 13.2 Å². The van der Waals surface area contributed by atoms with Gasteiger partial charge >= 0.3 is 0 Å². The molecule has 30 heavy (non-hydrogen) atoms. The monoisotopic (exact) mass is 443 g/mol. The van der Waals surface area contributed by atoms with E-state index in [4.69, 9.17) is 0 Å². The third-order valence-electron chi connectivity index (χ3n) is 4.62. The summed E-state index contributed by atoms with van der Waals surface area (Å²) in [5.74, 6) is -0.0867. The van der Waals surface area contributed by atoms with Crippen LogP contribution in [0.25, 0.3) is 10.6 Å². The molecule has 3 rings (SSSR count). The average molecular weight is 444 g/mol. The Bertz CT molecular complexity index is 1140. The number of aromatic nitrogens is 1. The summed E-state index contributed by atoms with van der Waals surface area (Å²) in [5, 5.41) is 3.63. The maximum atomic E-state index is 12.7. The average Bonchev–Trinajstić information content (AvgIpc) is 3.08. The number of rotatable bonds is 8. The molecule has 3 aromatic rings. The number of aryl methyl sites for hydroxylation is 2. The summed E-state index contributed by atoms with van der Waals surface area (Å²) in [5.41, 5.74) is 3.58. The molecule has 6 nitrogen and oxygen atoms in total. The molecule has 0 aliphatic heterocycles. The van der Waals surface area contributed by atoms with Crippen LogP contribution in [0.4, 0.5) is 5.69 Å². The van der Waals surface area contributed by atoms with Gasteiger partial charge in [0.05, 0.1) is 10.6 Å². The number of carbonyl (C=O) groups excluding carboxylic acids is 1. The van der Waals surface area contributed by atoms with Gasteiger partial charge in [-0.1, -0.05) is 31.2 Å². The largest absolute Gasteiger partial charge is 0.326 e. The molecular formula is C22H25N3O3S2. The second kappa shape index (κ2) is 9.51. The van der Waals surface area contributed by atoms with Crippen molar-refractivity contribution in [1.82, 2.24) is 9.71 Å². The van der Waals surface area contributed by atoms with Crippen molar-refractivity contribution in [2.75, 3.05) is 5.32 Å². The minimum atomic E-state index is -3.68. The third kappa shape index (κ3) is 5.33. The molecule has 0 saturated carbocycles. The van der Waals surface area contributed by atoms with Crippen molar-refractivity contribution in [3.05, 3.63) is 64.7 Å². The van der Waals surface area contributed by atoms with E-state index in [-0.39, 0.29) is 17.3 Å². The lowest BCUT2D eigenvalue weighted by atomic mass is 10.1. The highest BCUT2D eigenvalue weighted by Crippen LogP contribution is 2.30. The van der Waals surface area contributed by atoms with Gasteiger partial charge in [0, 0.05) is 29.1 Å². The number of thiazole rings is 1. The van der Waals surface area contributed by atoms with E-state index in [1.807, 2.05) is 45.0 Å². The third-order valence-corrected chi connectivity index (χ3v) is 7.22. The first-order chi connectivity index (χ1) is 14.3. The zero-order valence-electron chi connectivity index (χ0n) is 17.2. The molecule has 0 radical (unpaired) electrons. The molecule has 0 bridgehead atoms. The Balaban J connectivity index is 1.69. The molecule has 0 spiro atoms. The number of anilines is 1. The minimum absolute atomic E-state index is 0.0867. The molecule has 2 N–H and O–H groups in total.